The van der Waals surface area contributed by atoms with Crippen LogP contribution in [-0.2, 0) is 0 Å². The Morgan fingerprint density at radius 3 is 2.59 bits per heavy atom. The Morgan fingerprint density at radius 1 is 1.35 bits per heavy atom. The highest BCUT2D eigenvalue weighted by molar-refractivity contribution is 9.10. The molecule has 0 radical (unpaired) electrons. The molecule has 1 amide bonds. The predicted molar refractivity (Wildman–Crippen MR) is 75.2 cm³/mol. The lowest BCUT2D eigenvalue weighted by molar-refractivity contribution is 0.0736. The number of halogens is 3. The Bertz CT molecular complexity index is 408. The number of piperazine rings is 1. The van der Waals surface area contributed by atoms with Crippen molar-refractivity contribution in [1.82, 2.24) is 10.2 Å². The molecule has 1 heterocycles. The fraction of sp³-hybridized carbons (Fsp3) is 0.364. The molecule has 94 valence electrons. The largest absolute Gasteiger partial charge is 0.336 e. The number of hydrogen-bond donors (Lipinski definition) is 1. The van der Waals surface area contributed by atoms with Crippen LogP contribution in [0.15, 0.2) is 22.7 Å². The maximum atomic E-state index is 12.1. The topological polar surface area (TPSA) is 32.3 Å². The number of nitrogens with one attached hydrogen (secondary N) is 1. The lowest BCUT2D eigenvalue weighted by atomic mass is 10.2. The Labute approximate surface area is 120 Å². The van der Waals surface area contributed by atoms with Gasteiger partial charge in [-0.1, -0.05) is 11.6 Å². The summed E-state index contributed by atoms with van der Waals surface area (Å²) in [6.07, 6.45) is 0. The number of nitrogens with zero attached hydrogens (tertiary/aromatic N) is 1. The molecular formula is C11H13BrCl2N2O. The third kappa shape index (κ3) is 3.58. The average molecular weight is 340 g/mol. The van der Waals surface area contributed by atoms with Gasteiger partial charge in [0.05, 0.1) is 5.02 Å². The van der Waals surface area contributed by atoms with Gasteiger partial charge in [-0.15, -0.1) is 12.4 Å². The summed E-state index contributed by atoms with van der Waals surface area (Å²) in [6, 6.07) is 5.27. The lowest BCUT2D eigenvalue weighted by Gasteiger charge is -2.27. The smallest absolute Gasteiger partial charge is 0.253 e. The highest BCUT2D eigenvalue weighted by Crippen LogP contribution is 2.23. The number of amides is 1. The molecule has 1 fully saturated rings. The molecule has 0 saturated carbocycles. The molecule has 0 atom stereocenters. The third-order valence-electron chi connectivity index (χ3n) is 2.57. The third-order valence-corrected chi connectivity index (χ3v) is 3.78. The second kappa shape index (κ2) is 6.59. The van der Waals surface area contributed by atoms with Crippen LogP contribution in [0, 0.1) is 0 Å². The summed E-state index contributed by atoms with van der Waals surface area (Å²) in [7, 11) is 0. The molecule has 17 heavy (non-hydrogen) atoms. The van der Waals surface area contributed by atoms with Crippen LogP contribution in [0.3, 0.4) is 0 Å². The molecule has 0 unspecified atom stereocenters. The highest BCUT2D eigenvalue weighted by Gasteiger charge is 2.18. The Morgan fingerprint density at radius 2 is 2.00 bits per heavy atom. The van der Waals surface area contributed by atoms with Crippen LogP contribution in [0.5, 0.6) is 0 Å². The average Bonchev–Trinajstić information content (AvgIpc) is 2.33. The van der Waals surface area contributed by atoms with E-state index in [-0.39, 0.29) is 18.3 Å². The molecule has 1 aliphatic rings. The van der Waals surface area contributed by atoms with E-state index in [1.54, 1.807) is 18.2 Å². The van der Waals surface area contributed by atoms with Crippen molar-refractivity contribution in [3.63, 3.8) is 0 Å². The van der Waals surface area contributed by atoms with E-state index < -0.39 is 0 Å². The van der Waals surface area contributed by atoms with Crippen molar-refractivity contribution in [2.75, 3.05) is 26.2 Å². The van der Waals surface area contributed by atoms with Crippen LogP contribution in [0.2, 0.25) is 5.02 Å². The van der Waals surface area contributed by atoms with E-state index in [9.17, 15) is 4.79 Å². The summed E-state index contributed by atoms with van der Waals surface area (Å²) in [4.78, 5) is 14.0. The molecular weight excluding hydrogens is 327 g/mol. The molecule has 1 aromatic carbocycles. The standard InChI is InChI=1S/C11H12BrClN2O.ClH/c12-9-7-8(1-2-10(9)13)11(16)15-5-3-14-4-6-15;/h1-2,7,14H,3-6H2;1H. The summed E-state index contributed by atoms with van der Waals surface area (Å²) in [5, 5.41) is 3.84. The first-order chi connectivity index (χ1) is 7.68. The summed E-state index contributed by atoms with van der Waals surface area (Å²) in [5.74, 6) is 0.0684. The van der Waals surface area contributed by atoms with Gasteiger partial charge in [-0.2, -0.15) is 0 Å². The number of hydrogen-bond acceptors (Lipinski definition) is 2. The first-order valence-corrected chi connectivity index (χ1v) is 6.30. The van der Waals surface area contributed by atoms with Gasteiger partial charge in [0.2, 0.25) is 0 Å². The molecule has 0 aromatic heterocycles. The summed E-state index contributed by atoms with van der Waals surface area (Å²) in [5.41, 5.74) is 0.679. The van der Waals surface area contributed by atoms with Gasteiger partial charge in [0.15, 0.2) is 0 Å². The van der Waals surface area contributed by atoms with E-state index in [0.29, 0.717) is 10.6 Å². The van der Waals surface area contributed by atoms with Crippen molar-refractivity contribution in [1.29, 1.82) is 0 Å². The normalized spacial score (nSPS) is 15.3. The number of carbonyl (C=O) groups is 1. The van der Waals surface area contributed by atoms with Gasteiger partial charge in [-0.25, -0.2) is 0 Å². The van der Waals surface area contributed by atoms with Gasteiger partial charge in [-0.05, 0) is 34.1 Å². The van der Waals surface area contributed by atoms with Gasteiger partial charge in [-0.3, -0.25) is 4.79 Å². The Kier molecular flexibility index (Phi) is 5.73. The molecule has 0 aliphatic carbocycles. The number of carbonyl (C=O) groups excluding carboxylic acids is 1. The van der Waals surface area contributed by atoms with Crippen molar-refractivity contribution in [3.05, 3.63) is 33.3 Å². The first kappa shape index (κ1) is 14.8. The molecule has 1 N–H and O–H groups in total. The van der Waals surface area contributed by atoms with Gasteiger partial charge in [0.25, 0.3) is 5.91 Å². The zero-order valence-corrected chi connectivity index (χ0v) is 12.2. The summed E-state index contributed by atoms with van der Waals surface area (Å²) < 4.78 is 0.759. The minimum atomic E-state index is 0. The van der Waals surface area contributed by atoms with Gasteiger partial charge >= 0.3 is 0 Å². The molecule has 2 rings (SSSR count). The van der Waals surface area contributed by atoms with Gasteiger partial charge in [0.1, 0.15) is 0 Å². The summed E-state index contributed by atoms with van der Waals surface area (Å²) in [6.45, 7) is 3.25. The van der Waals surface area contributed by atoms with E-state index in [2.05, 4.69) is 21.2 Å². The molecule has 1 aromatic rings. The lowest BCUT2D eigenvalue weighted by Crippen LogP contribution is -2.46. The molecule has 1 aliphatic heterocycles. The maximum absolute atomic E-state index is 12.1. The molecule has 0 bridgehead atoms. The van der Waals surface area contributed by atoms with Crippen LogP contribution >= 0.6 is 39.9 Å². The van der Waals surface area contributed by atoms with Crippen LogP contribution in [0.4, 0.5) is 0 Å². The molecule has 1 saturated heterocycles. The Hall–Kier alpha value is -0.290. The van der Waals surface area contributed by atoms with E-state index in [0.717, 1.165) is 30.7 Å². The first-order valence-electron chi connectivity index (χ1n) is 5.13. The minimum absolute atomic E-state index is 0. The van der Waals surface area contributed by atoms with Crippen LogP contribution in [-0.4, -0.2) is 37.0 Å². The van der Waals surface area contributed by atoms with E-state index >= 15 is 0 Å². The maximum Gasteiger partial charge on any atom is 0.253 e. The van der Waals surface area contributed by atoms with Crippen molar-refractivity contribution >= 4 is 45.8 Å². The highest BCUT2D eigenvalue weighted by atomic mass is 79.9. The molecule has 3 nitrogen and oxygen atoms in total. The van der Waals surface area contributed by atoms with Gasteiger partial charge in [0, 0.05) is 36.2 Å². The number of rotatable bonds is 1. The van der Waals surface area contributed by atoms with Crippen molar-refractivity contribution in [2.45, 2.75) is 0 Å². The van der Waals surface area contributed by atoms with Crippen molar-refractivity contribution in [2.24, 2.45) is 0 Å². The van der Waals surface area contributed by atoms with Crippen LogP contribution < -0.4 is 5.32 Å². The van der Waals surface area contributed by atoms with Crippen molar-refractivity contribution in [3.8, 4) is 0 Å². The van der Waals surface area contributed by atoms with E-state index in [1.807, 2.05) is 4.90 Å². The monoisotopic (exact) mass is 338 g/mol. The van der Waals surface area contributed by atoms with Crippen molar-refractivity contribution < 1.29 is 4.79 Å². The Balaban J connectivity index is 0.00000144. The van der Waals surface area contributed by atoms with Crippen LogP contribution in [0.1, 0.15) is 10.4 Å². The SMILES string of the molecule is Cl.O=C(c1ccc(Cl)c(Br)c1)N1CCNCC1. The second-order valence-electron chi connectivity index (χ2n) is 3.67. The molecule has 0 spiro atoms. The van der Waals surface area contributed by atoms with Gasteiger partial charge < -0.3 is 10.2 Å². The zero-order chi connectivity index (χ0) is 11.5. The zero-order valence-electron chi connectivity index (χ0n) is 9.08. The van der Waals surface area contributed by atoms with E-state index in [1.165, 1.54) is 0 Å². The fourth-order valence-corrected chi connectivity index (χ4v) is 2.18. The quantitative estimate of drug-likeness (QED) is 0.852. The summed E-state index contributed by atoms with van der Waals surface area (Å²) >= 11 is 9.21. The van der Waals surface area contributed by atoms with Crippen LogP contribution in [0.25, 0.3) is 0 Å². The fourth-order valence-electron chi connectivity index (χ4n) is 1.68. The number of benzene rings is 1. The second-order valence-corrected chi connectivity index (χ2v) is 4.93. The van der Waals surface area contributed by atoms with E-state index in [4.69, 9.17) is 11.6 Å². The predicted octanol–water partition coefficient (Wildman–Crippen LogP) is 2.57. The molecule has 6 heteroatoms. The minimum Gasteiger partial charge on any atom is -0.336 e.